The van der Waals surface area contributed by atoms with E-state index in [1.807, 2.05) is 0 Å². The molecule has 0 aromatic carbocycles. The van der Waals surface area contributed by atoms with Crippen LogP contribution in [-0.2, 0) is 65.4 Å². The van der Waals surface area contributed by atoms with Crippen molar-refractivity contribution in [2.24, 2.45) is 5.92 Å². The second-order valence-corrected chi connectivity index (χ2v) is 32.9. The van der Waals surface area contributed by atoms with Crippen LogP contribution in [0.1, 0.15) is 439 Å². The van der Waals surface area contributed by atoms with E-state index in [1.54, 1.807) is 0 Å². The highest BCUT2D eigenvalue weighted by Gasteiger charge is 2.30. The minimum atomic E-state index is -4.96. The van der Waals surface area contributed by atoms with Gasteiger partial charge in [0.2, 0.25) is 0 Å². The summed E-state index contributed by atoms with van der Waals surface area (Å²) in [6.45, 7) is 7.38. The molecule has 0 aromatic heterocycles. The quantitative estimate of drug-likeness (QED) is 0.0222. The van der Waals surface area contributed by atoms with Crippen LogP contribution >= 0.6 is 15.6 Å². The van der Waals surface area contributed by atoms with Gasteiger partial charge in [0.1, 0.15) is 19.3 Å². The fourth-order valence-corrected chi connectivity index (χ4v) is 14.3. The van der Waals surface area contributed by atoms with Crippen molar-refractivity contribution in [2.45, 2.75) is 457 Å². The summed E-state index contributed by atoms with van der Waals surface area (Å²) in [5, 5.41) is 10.7. The second-order valence-electron chi connectivity index (χ2n) is 30.0. The van der Waals surface area contributed by atoms with Gasteiger partial charge in [-0.25, -0.2) is 9.13 Å². The summed E-state index contributed by atoms with van der Waals surface area (Å²) in [4.78, 5) is 73.1. The SMILES string of the molecule is CCCCCCCCCCCCCCCCCCC(=O)OC[C@H](COP(=O)(O)OC[C@@H](O)COP(=O)(O)OC[C@@H](COC(=O)CCCCCCCCCCCCCCC)OC(=O)CCCCCCCCCCCCCCCC)OC(=O)CCCCCCCCCCCCCCCCCC(C)C. The van der Waals surface area contributed by atoms with Gasteiger partial charge < -0.3 is 33.8 Å². The Bertz CT molecular complexity index is 1930. The molecule has 0 rings (SSSR count). The van der Waals surface area contributed by atoms with Crippen molar-refractivity contribution in [1.82, 2.24) is 0 Å². The van der Waals surface area contributed by atoms with Crippen LogP contribution in [-0.4, -0.2) is 96.7 Å². The molecule has 0 bridgehead atoms. The number of carbonyl (C=O) groups is 4. The van der Waals surface area contributed by atoms with Crippen molar-refractivity contribution in [3.8, 4) is 0 Å². The number of hydrogen-bond acceptors (Lipinski definition) is 15. The Morgan fingerprint density at radius 2 is 0.455 bits per heavy atom. The lowest BCUT2D eigenvalue weighted by Gasteiger charge is -2.21. The molecule has 0 saturated carbocycles. The minimum Gasteiger partial charge on any atom is -0.462 e. The van der Waals surface area contributed by atoms with E-state index in [9.17, 15) is 43.2 Å². The molecular weight excluding hydrogens is 1320 g/mol. The molecule has 19 heteroatoms. The van der Waals surface area contributed by atoms with E-state index >= 15 is 0 Å². The predicted molar refractivity (Wildman–Crippen MR) is 414 cm³/mol. The number of ether oxygens (including phenoxy) is 4. The highest BCUT2D eigenvalue weighted by atomic mass is 31.2. The molecule has 0 saturated heterocycles. The molecule has 101 heavy (non-hydrogen) atoms. The third-order valence-corrected chi connectivity index (χ3v) is 21.2. The fourth-order valence-electron chi connectivity index (χ4n) is 12.8. The summed E-state index contributed by atoms with van der Waals surface area (Å²) in [6, 6.07) is 0. The van der Waals surface area contributed by atoms with Gasteiger partial charge in [-0.15, -0.1) is 0 Å². The van der Waals surface area contributed by atoms with Gasteiger partial charge in [0.15, 0.2) is 12.2 Å². The Labute approximate surface area is 619 Å². The Kier molecular flexibility index (Phi) is 73.5. The first kappa shape index (κ1) is 99.1. The summed E-state index contributed by atoms with van der Waals surface area (Å²) in [5.41, 5.74) is 0. The molecule has 0 aliphatic rings. The van der Waals surface area contributed by atoms with Crippen LogP contribution in [0, 0.1) is 5.92 Å². The Balaban J connectivity index is 5.26. The maximum absolute atomic E-state index is 13.1. The third kappa shape index (κ3) is 76.1. The normalized spacial score (nSPS) is 13.8. The number of unbranched alkanes of at least 4 members (excludes halogenated alkanes) is 54. The molecule has 0 aromatic rings. The molecule has 600 valence electrons. The van der Waals surface area contributed by atoms with Crippen LogP contribution in [0.25, 0.3) is 0 Å². The van der Waals surface area contributed by atoms with E-state index in [0.717, 1.165) is 95.8 Å². The van der Waals surface area contributed by atoms with E-state index in [0.29, 0.717) is 25.7 Å². The average molecular weight is 1480 g/mol. The van der Waals surface area contributed by atoms with Gasteiger partial charge in [0.25, 0.3) is 0 Å². The molecule has 5 atom stereocenters. The summed E-state index contributed by atoms with van der Waals surface area (Å²) >= 11 is 0. The smallest absolute Gasteiger partial charge is 0.462 e. The van der Waals surface area contributed by atoms with Crippen LogP contribution in [0.4, 0.5) is 0 Å². The van der Waals surface area contributed by atoms with E-state index < -0.39 is 97.5 Å². The van der Waals surface area contributed by atoms with Gasteiger partial charge >= 0.3 is 39.5 Å². The first-order valence-electron chi connectivity index (χ1n) is 42.6. The Morgan fingerprint density at radius 3 is 0.673 bits per heavy atom. The average Bonchev–Trinajstić information content (AvgIpc) is 1.000. The van der Waals surface area contributed by atoms with Crippen molar-refractivity contribution >= 4 is 39.5 Å². The van der Waals surface area contributed by atoms with Gasteiger partial charge in [-0.2, -0.15) is 0 Å². The van der Waals surface area contributed by atoms with Gasteiger partial charge in [-0.3, -0.25) is 37.3 Å². The highest BCUT2D eigenvalue weighted by molar-refractivity contribution is 7.47. The third-order valence-electron chi connectivity index (χ3n) is 19.3. The summed E-state index contributed by atoms with van der Waals surface area (Å²) in [7, 11) is -9.92. The molecule has 0 heterocycles. The van der Waals surface area contributed by atoms with Gasteiger partial charge in [0, 0.05) is 25.7 Å². The molecule has 0 amide bonds. The molecular formula is C82H160O17P2. The molecule has 0 aliphatic heterocycles. The lowest BCUT2D eigenvalue weighted by molar-refractivity contribution is -0.161. The zero-order valence-corrected chi connectivity index (χ0v) is 67.8. The number of carbonyl (C=O) groups excluding carboxylic acids is 4. The van der Waals surface area contributed by atoms with E-state index in [2.05, 4.69) is 34.6 Å². The first-order chi connectivity index (χ1) is 49.0. The standard InChI is InChI=1S/C82H160O17P2/c1-6-9-12-15-18-21-24-27-29-32-37-41-46-51-56-61-66-80(85)93-72-78(99-82(87)68-63-58-53-48-43-38-33-30-31-35-39-44-49-54-59-64-75(4)5)74-97-101(90,91)95-70-76(83)69-94-100(88,89)96-73-77(71-92-79(84)65-60-55-50-45-40-34-26-23-20-17-14-11-8-3)98-81(86)67-62-57-52-47-42-36-28-25-22-19-16-13-10-7-2/h75-78,83H,6-74H2,1-5H3,(H,88,89)(H,90,91)/t76-,77+,78+/m0/s1. The maximum Gasteiger partial charge on any atom is 0.472 e. The number of hydrogen-bond donors (Lipinski definition) is 3. The largest absolute Gasteiger partial charge is 0.472 e. The number of aliphatic hydroxyl groups is 1. The van der Waals surface area contributed by atoms with E-state index in [-0.39, 0.29) is 25.7 Å². The first-order valence-corrected chi connectivity index (χ1v) is 45.6. The summed E-state index contributed by atoms with van der Waals surface area (Å²) < 4.78 is 68.8. The number of phosphoric acid groups is 2. The number of aliphatic hydroxyl groups excluding tert-OH is 1. The van der Waals surface area contributed by atoms with Gasteiger partial charge in [-0.05, 0) is 31.6 Å². The molecule has 17 nitrogen and oxygen atoms in total. The van der Waals surface area contributed by atoms with Crippen molar-refractivity contribution in [1.29, 1.82) is 0 Å². The molecule has 0 spiro atoms. The second kappa shape index (κ2) is 74.9. The summed E-state index contributed by atoms with van der Waals surface area (Å²) in [5.74, 6) is -1.30. The zero-order chi connectivity index (χ0) is 74.1. The molecule has 0 aliphatic carbocycles. The van der Waals surface area contributed by atoms with Gasteiger partial charge in [0.05, 0.1) is 26.4 Å². The van der Waals surface area contributed by atoms with Crippen LogP contribution in [0.2, 0.25) is 0 Å². The van der Waals surface area contributed by atoms with Crippen molar-refractivity contribution in [3.63, 3.8) is 0 Å². The highest BCUT2D eigenvalue weighted by Crippen LogP contribution is 2.45. The maximum atomic E-state index is 13.1. The predicted octanol–water partition coefficient (Wildman–Crippen LogP) is 24.8. The van der Waals surface area contributed by atoms with Crippen LogP contribution in [0.15, 0.2) is 0 Å². The number of esters is 4. The molecule has 2 unspecified atom stereocenters. The van der Waals surface area contributed by atoms with E-state index in [1.165, 1.54) is 263 Å². The molecule has 0 radical (unpaired) electrons. The molecule has 0 fully saturated rings. The van der Waals surface area contributed by atoms with Gasteiger partial charge in [-0.1, -0.05) is 388 Å². The minimum absolute atomic E-state index is 0.109. The molecule has 3 N–H and O–H groups in total. The number of phosphoric ester groups is 2. The van der Waals surface area contributed by atoms with Crippen LogP contribution < -0.4 is 0 Å². The monoisotopic (exact) mass is 1480 g/mol. The summed E-state index contributed by atoms with van der Waals surface area (Å²) in [6.07, 6.45) is 66.4. The van der Waals surface area contributed by atoms with Crippen LogP contribution in [0.5, 0.6) is 0 Å². The van der Waals surface area contributed by atoms with Crippen molar-refractivity contribution < 1.29 is 80.2 Å². The number of rotatable bonds is 82. The zero-order valence-electron chi connectivity index (χ0n) is 66.1. The Morgan fingerprint density at radius 1 is 0.267 bits per heavy atom. The fraction of sp³-hybridized carbons (Fsp3) is 0.951. The van der Waals surface area contributed by atoms with E-state index in [4.69, 9.17) is 37.0 Å². The lowest BCUT2D eigenvalue weighted by Crippen LogP contribution is -2.30. The van der Waals surface area contributed by atoms with Crippen molar-refractivity contribution in [3.05, 3.63) is 0 Å². The Hall–Kier alpha value is -1.94. The lowest BCUT2D eigenvalue weighted by atomic mass is 10.0. The van der Waals surface area contributed by atoms with Crippen molar-refractivity contribution in [2.75, 3.05) is 39.6 Å². The topological polar surface area (TPSA) is 237 Å². The van der Waals surface area contributed by atoms with Crippen LogP contribution in [0.3, 0.4) is 0 Å².